The van der Waals surface area contributed by atoms with Gasteiger partial charge >= 0.3 is 12.1 Å². The number of hydrogen-bond acceptors (Lipinski definition) is 6. The fourth-order valence-corrected chi connectivity index (χ4v) is 5.74. The van der Waals surface area contributed by atoms with E-state index >= 15 is 0 Å². The van der Waals surface area contributed by atoms with Crippen LogP contribution < -0.4 is 5.32 Å². The number of nitrogens with one attached hydrogen (secondary N) is 1. The largest absolute Gasteiger partial charge is 0.471 e. The molecule has 43 heavy (non-hydrogen) atoms. The molecule has 2 aliphatic heterocycles. The number of carbonyl (C=O) groups is 2. The summed E-state index contributed by atoms with van der Waals surface area (Å²) in [5.41, 5.74) is 2.47. The standard InChI is InChI=1S/C29H29Cl2F3N4O5/c1-16-22(13-37-15-35-24(30)25(37)31)42-27(43-23(16)18-9-7-17(14-39)8-10-18)19-4-2-5-20(12-19)36-26(40)21-6-3-11-38(21)28(41)29(32,33)34/h2,4-5,7-10,12,15-16,21-23,27,39H,3,6,11,13-14H2,1H3,(H,36,40)/t16-,21-,22+,23+,27+/m0/s1. The Morgan fingerprint density at radius 1 is 1.12 bits per heavy atom. The molecule has 0 saturated carbocycles. The van der Waals surface area contributed by atoms with E-state index in [0.717, 1.165) is 11.1 Å². The van der Waals surface area contributed by atoms with Crippen LogP contribution in [0.1, 0.15) is 48.8 Å². The van der Waals surface area contributed by atoms with Crippen molar-refractivity contribution in [3.8, 4) is 0 Å². The maximum absolute atomic E-state index is 13.1. The number of imidazole rings is 1. The fourth-order valence-electron chi connectivity index (χ4n) is 5.43. The Labute approximate surface area is 255 Å². The zero-order valence-electron chi connectivity index (χ0n) is 22.9. The molecule has 0 radical (unpaired) electrons. The number of aromatic nitrogens is 2. The van der Waals surface area contributed by atoms with Crippen molar-refractivity contribution in [3.05, 3.63) is 81.9 Å². The van der Waals surface area contributed by atoms with Gasteiger partial charge in [-0.1, -0.05) is 66.5 Å². The predicted molar refractivity (Wildman–Crippen MR) is 151 cm³/mol. The first kappa shape index (κ1) is 31.3. The van der Waals surface area contributed by atoms with Gasteiger partial charge in [0.2, 0.25) is 5.91 Å². The van der Waals surface area contributed by atoms with Gasteiger partial charge in [-0.25, -0.2) is 4.98 Å². The van der Waals surface area contributed by atoms with Gasteiger partial charge in [-0.05, 0) is 36.1 Å². The molecular weight excluding hydrogens is 612 g/mol. The second-order valence-corrected chi connectivity index (χ2v) is 11.3. The van der Waals surface area contributed by atoms with Gasteiger partial charge in [0.05, 0.1) is 31.7 Å². The maximum atomic E-state index is 13.1. The summed E-state index contributed by atoms with van der Waals surface area (Å²) in [5, 5.41) is 12.5. The molecule has 1 aromatic heterocycles. The molecule has 2 aromatic carbocycles. The topological polar surface area (TPSA) is 106 Å². The number of rotatable bonds is 7. The number of alkyl halides is 3. The molecular formula is C29H29Cl2F3N4O5. The fraction of sp³-hybridized carbons (Fsp3) is 0.414. The summed E-state index contributed by atoms with van der Waals surface area (Å²) in [4.78, 5) is 29.4. The number of likely N-dealkylation sites (tertiary alicyclic amines) is 1. The molecule has 5 atom stereocenters. The van der Waals surface area contributed by atoms with Gasteiger partial charge in [0.15, 0.2) is 11.4 Å². The van der Waals surface area contributed by atoms with Crippen molar-refractivity contribution in [1.82, 2.24) is 14.5 Å². The van der Waals surface area contributed by atoms with Gasteiger partial charge in [-0.3, -0.25) is 9.59 Å². The van der Waals surface area contributed by atoms with Crippen LogP contribution in [-0.4, -0.2) is 56.2 Å². The van der Waals surface area contributed by atoms with E-state index in [1.54, 1.807) is 28.8 Å². The lowest BCUT2D eigenvalue weighted by Crippen LogP contribution is -2.48. The monoisotopic (exact) mass is 640 g/mol. The maximum Gasteiger partial charge on any atom is 0.471 e. The minimum atomic E-state index is -5.06. The molecule has 5 rings (SSSR count). The lowest BCUT2D eigenvalue weighted by molar-refractivity contribution is -0.276. The molecule has 3 heterocycles. The average Bonchev–Trinajstić information content (AvgIpc) is 3.60. The number of carbonyl (C=O) groups excluding carboxylic acids is 2. The number of amides is 2. The first-order valence-corrected chi connectivity index (χ1v) is 14.4. The van der Waals surface area contributed by atoms with E-state index in [4.69, 9.17) is 32.7 Å². The number of anilines is 1. The zero-order valence-corrected chi connectivity index (χ0v) is 24.4. The first-order valence-electron chi connectivity index (χ1n) is 13.6. The highest BCUT2D eigenvalue weighted by molar-refractivity contribution is 6.40. The number of ether oxygens (including phenoxy) is 2. The number of aliphatic hydroxyl groups is 1. The summed E-state index contributed by atoms with van der Waals surface area (Å²) in [7, 11) is 0. The first-order chi connectivity index (χ1) is 20.5. The summed E-state index contributed by atoms with van der Waals surface area (Å²) < 4.78 is 53.7. The third-order valence-corrected chi connectivity index (χ3v) is 8.49. The third-order valence-electron chi connectivity index (χ3n) is 7.72. The summed E-state index contributed by atoms with van der Waals surface area (Å²) in [5.74, 6) is -2.91. The van der Waals surface area contributed by atoms with Crippen molar-refractivity contribution in [1.29, 1.82) is 0 Å². The number of nitrogens with zero attached hydrogens (tertiary/aromatic N) is 3. The Hall–Kier alpha value is -3.16. The minimum Gasteiger partial charge on any atom is -0.392 e. The average molecular weight is 641 g/mol. The van der Waals surface area contributed by atoms with E-state index in [9.17, 15) is 27.9 Å². The van der Waals surface area contributed by atoms with Crippen LogP contribution in [0.3, 0.4) is 0 Å². The van der Waals surface area contributed by atoms with Crippen LogP contribution in [-0.2, 0) is 32.2 Å². The summed E-state index contributed by atoms with van der Waals surface area (Å²) in [6.07, 6.45) is -4.89. The SMILES string of the molecule is C[C@H]1[C@@H](Cn2cnc(Cl)c2Cl)O[C@@H](c2cccc(NC(=O)[C@@H]3CCCN3C(=O)C(F)(F)F)c2)O[C@H]1c1ccc(CO)cc1. The van der Waals surface area contributed by atoms with E-state index in [1.165, 1.54) is 6.33 Å². The molecule has 2 saturated heterocycles. The van der Waals surface area contributed by atoms with E-state index in [0.29, 0.717) is 22.7 Å². The van der Waals surface area contributed by atoms with Gasteiger partial charge in [-0.2, -0.15) is 13.2 Å². The summed E-state index contributed by atoms with van der Waals surface area (Å²) >= 11 is 12.4. The number of benzene rings is 2. The van der Waals surface area contributed by atoms with Crippen molar-refractivity contribution in [2.24, 2.45) is 5.92 Å². The van der Waals surface area contributed by atoms with Gasteiger partial charge in [-0.15, -0.1) is 0 Å². The lowest BCUT2D eigenvalue weighted by Gasteiger charge is -2.41. The molecule has 2 fully saturated rings. The Bertz CT molecular complexity index is 1470. The Kier molecular flexibility index (Phi) is 9.33. The Morgan fingerprint density at radius 2 is 1.86 bits per heavy atom. The van der Waals surface area contributed by atoms with Gasteiger partial charge in [0.25, 0.3) is 0 Å². The quantitative estimate of drug-likeness (QED) is 0.345. The smallest absolute Gasteiger partial charge is 0.392 e. The molecule has 9 nitrogen and oxygen atoms in total. The third kappa shape index (κ3) is 6.83. The van der Waals surface area contributed by atoms with Gasteiger partial charge in [0.1, 0.15) is 11.2 Å². The number of halogens is 5. The Balaban J connectivity index is 1.38. The van der Waals surface area contributed by atoms with Gasteiger partial charge in [0, 0.05) is 23.7 Å². The van der Waals surface area contributed by atoms with E-state index in [2.05, 4.69) is 10.3 Å². The summed E-state index contributed by atoms with van der Waals surface area (Å²) in [6.45, 7) is 2.04. The second kappa shape index (κ2) is 12.8. The Morgan fingerprint density at radius 3 is 2.51 bits per heavy atom. The van der Waals surface area contributed by atoms with Crippen LogP contribution in [0.15, 0.2) is 54.9 Å². The highest BCUT2D eigenvalue weighted by atomic mass is 35.5. The van der Waals surface area contributed by atoms with Crippen molar-refractivity contribution in [2.45, 2.75) is 63.6 Å². The van der Waals surface area contributed by atoms with Gasteiger partial charge < -0.3 is 29.4 Å². The number of aliphatic hydroxyl groups excluding tert-OH is 1. The van der Waals surface area contributed by atoms with Crippen LogP contribution >= 0.6 is 23.2 Å². The van der Waals surface area contributed by atoms with Crippen LogP contribution in [0.5, 0.6) is 0 Å². The van der Waals surface area contributed by atoms with Crippen LogP contribution in [0, 0.1) is 5.92 Å². The molecule has 0 unspecified atom stereocenters. The van der Waals surface area contributed by atoms with Crippen LogP contribution in [0.25, 0.3) is 0 Å². The zero-order chi connectivity index (χ0) is 30.9. The molecule has 2 amide bonds. The van der Waals surface area contributed by atoms with Crippen LogP contribution in [0.2, 0.25) is 10.3 Å². The second-order valence-electron chi connectivity index (χ2n) is 10.6. The molecule has 0 bridgehead atoms. The highest BCUT2D eigenvalue weighted by Gasteiger charge is 2.47. The minimum absolute atomic E-state index is 0.100. The van der Waals surface area contributed by atoms with Crippen LogP contribution in [0.4, 0.5) is 18.9 Å². The summed E-state index contributed by atoms with van der Waals surface area (Å²) in [6, 6.07) is 12.8. The van der Waals surface area contributed by atoms with E-state index in [-0.39, 0.29) is 42.2 Å². The molecule has 14 heteroatoms. The van der Waals surface area contributed by atoms with Crippen molar-refractivity contribution >= 4 is 40.7 Å². The molecule has 3 aromatic rings. The molecule has 2 N–H and O–H groups in total. The lowest BCUT2D eigenvalue weighted by atomic mass is 9.90. The molecule has 0 aliphatic carbocycles. The van der Waals surface area contributed by atoms with E-state index < -0.39 is 42.5 Å². The normalized spacial score (nSPS) is 24.3. The molecule has 230 valence electrons. The van der Waals surface area contributed by atoms with Crippen molar-refractivity contribution in [2.75, 3.05) is 11.9 Å². The van der Waals surface area contributed by atoms with E-state index in [1.807, 2.05) is 31.2 Å². The predicted octanol–water partition coefficient (Wildman–Crippen LogP) is 5.67. The molecule has 0 spiro atoms. The highest BCUT2D eigenvalue weighted by Crippen LogP contribution is 2.43. The molecule has 2 aliphatic rings. The number of hydrogen-bond donors (Lipinski definition) is 2. The van der Waals surface area contributed by atoms with Crippen molar-refractivity contribution in [3.63, 3.8) is 0 Å². The van der Waals surface area contributed by atoms with Crippen molar-refractivity contribution < 1.29 is 37.3 Å².